The lowest BCUT2D eigenvalue weighted by molar-refractivity contribution is 0.163. The van der Waals surface area contributed by atoms with E-state index in [-0.39, 0.29) is 6.10 Å². The van der Waals surface area contributed by atoms with Crippen molar-refractivity contribution in [3.63, 3.8) is 0 Å². The molecule has 3 aromatic rings. The van der Waals surface area contributed by atoms with Crippen LogP contribution >= 0.6 is 0 Å². The Kier molecular flexibility index (Phi) is 3.48. The number of nitrogens with two attached hydrogens (primary N) is 1. The molecule has 0 spiro atoms. The lowest BCUT2D eigenvalue weighted by Gasteiger charge is -2.23. The van der Waals surface area contributed by atoms with E-state index >= 15 is 0 Å². The third-order valence-corrected chi connectivity index (χ3v) is 4.37. The maximum atomic E-state index is 6.07. The summed E-state index contributed by atoms with van der Waals surface area (Å²) in [7, 11) is 0. The molecule has 0 atom stereocenters. The van der Waals surface area contributed by atoms with Crippen LogP contribution in [0.2, 0.25) is 0 Å². The molecule has 2 heterocycles. The van der Waals surface area contributed by atoms with Crippen molar-refractivity contribution in [1.29, 1.82) is 0 Å². The first-order valence-electron chi connectivity index (χ1n) is 8.69. The van der Waals surface area contributed by atoms with Gasteiger partial charge in [-0.3, -0.25) is 4.98 Å². The van der Waals surface area contributed by atoms with E-state index in [4.69, 9.17) is 24.7 Å². The molecule has 0 unspecified atom stereocenters. The van der Waals surface area contributed by atoms with E-state index in [1.54, 1.807) is 18.3 Å². The van der Waals surface area contributed by atoms with Crippen LogP contribution in [-0.4, -0.2) is 24.3 Å². The molecule has 0 radical (unpaired) electrons. The maximum absolute atomic E-state index is 6.07. The highest BCUT2D eigenvalue weighted by Gasteiger charge is 2.29. The molecule has 0 bridgehead atoms. The first kappa shape index (κ1) is 15.1. The SMILES string of the molecule is Nc1ccc(Oc2ccnc3cc(OC4CC4)c4c(c23)OCCO4)cc1. The van der Waals surface area contributed by atoms with Gasteiger partial charge in [-0.2, -0.15) is 0 Å². The zero-order valence-corrected chi connectivity index (χ0v) is 14.1. The number of ether oxygens (including phenoxy) is 4. The Bertz CT molecular complexity index is 968. The topological polar surface area (TPSA) is 75.8 Å². The van der Waals surface area contributed by atoms with Crippen LogP contribution in [0.15, 0.2) is 42.6 Å². The average Bonchev–Trinajstić information content (AvgIpc) is 3.48. The van der Waals surface area contributed by atoms with Gasteiger partial charge in [0.05, 0.1) is 17.0 Å². The number of hydrogen-bond donors (Lipinski definition) is 1. The van der Waals surface area contributed by atoms with Crippen LogP contribution < -0.4 is 24.7 Å². The Balaban J connectivity index is 1.63. The highest BCUT2D eigenvalue weighted by molar-refractivity contribution is 5.95. The zero-order valence-electron chi connectivity index (χ0n) is 14.1. The van der Waals surface area contributed by atoms with Crippen molar-refractivity contribution < 1.29 is 18.9 Å². The van der Waals surface area contributed by atoms with Gasteiger partial charge in [0.1, 0.15) is 24.7 Å². The number of anilines is 1. The van der Waals surface area contributed by atoms with Crippen LogP contribution in [0.5, 0.6) is 28.7 Å². The van der Waals surface area contributed by atoms with Crippen molar-refractivity contribution in [3.05, 3.63) is 42.6 Å². The molecule has 0 saturated heterocycles. The monoisotopic (exact) mass is 350 g/mol. The largest absolute Gasteiger partial charge is 0.486 e. The second kappa shape index (κ2) is 5.98. The molecule has 6 nitrogen and oxygen atoms in total. The normalized spacial score (nSPS) is 15.7. The van der Waals surface area contributed by atoms with Gasteiger partial charge in [-0.15, -0.1) is 0 Å². The van der Waals surface area contributed by atoms with Crippen molar-refractivity contribution in [1.82, 2.24) is 4.98 Å². The third-order valence-electron chi connectivity index (χ3n) is 4.37. The van der Waals surface area contributed by atoms with Crippen molar-refractivity contribution >= 4 is 16.6 Å². The van der Waals surface area contributed by atoms with Gasteiger partial charge in [-0.05, 0) is 43.2 Å². The summed E-state index contributed by atoms with van der Waals surface area (Å²) in [6, 6.07) is 11.0. The second-order valence-corrected chi connectivity index (χ2v) is 6.42. The molecule has 1 saturated carbocycles. The van der Waals surface area contributed by atoms with Crippen molar-refractivity contribution in [3.8, 4) is 28.7 Å². The van der Waals surface area contributed by atoms with Gasteiger partial charge in [0.15, 0.2) is 11.5 Å². The van der Waals surface area contributed by atoms with Gasteiger partial charge >= 0.3 is 0 Å². The van der Waals surface area contributed by atoms with Gasteiger partial charge in [0.2, 0.25) is 5.75 Å². The molecule has 1 aromatic heterocycles. The van der Waals surface area contributed by atoms with E-state index in [9.17, 15) is 0 Å². The fourth-order valence-electron chi connectivity index (χ4n) is 2.97. The Morgan fingerprint density at radius 2 is 1.73 bits per heavy atom. The molecule has 26 heavy (non-hydrogen) atoms. The average molecular weight is 350 g/mol. The molecular weight excluding hydrogens is 332 g/mol. The van der Waals surface area contributed by atoms with Gasteiger partial charge < -0.3 is 24.7 Å². The molecule has 1 fully saturated rings. The van der Waals surface area contributed by atoms with Gasteiger partial charge in [-0.25, -0.2) is 0 Å². The van der Waals surface area contributed by atoms with Crippen LogP contribution in [0.1, 0.15) is 12.8 Å². The molecular formula is C20H18N2O4. The predicted molar refractivity (Wildman–Crippen MR) is 97.3 cm³/mol. The second-order valence-electron chi connectivity index (χ2n) is 6.42. The highest BCUT2D eigenvalue weighted by Crippen LogP contribution is 2.49. The van der Waals surface area contributed by atoms with E-state index in [0.717, 1.165) is 23.7 Å². The lowest BCUT2D eigenvalue weighted by atomic mass is 10.1. The van der Waals surface area contributed by atoms with Crippen LogP contribution in [-0.2, 0) is 0 Å². The number of pyridine rings is 1. The van der Waals surface area contributed by atoms with E-state index < -0.39 is 0 Å². The number of nitrogens with zero attached hydrogens (tertiary/aromatic N) is 1. The fraction of sp³-hybridized carbons (Fsp3) is 0.250. The smallest absolute Gasteiger partial charge is 0.204 e. The Morgan fingerprint density at radius 3 is 2.50 bits per heavy atom. The Morgan fingerprint density at radius 1 is 0.962 bits per heavy atom. The highest BCUT2D eigenvalue weighted by atomic mass is 16.6. The van der Waals surface area contributed by atoms with Crippen molar-refractivity contribution in [2.24, 2.45) is 0 Å². The quantitative estimate of drug-likeness (QED) is 0.719. The summed E-state index contributed by atoms with van der Waals surface area (Å²) in [6.45, 7) is 0.971. The summed E-state index contributed by atoms with van der Waals surface area (Å²) in [5.74, 6) is 3.29. The number of hydrogen-bond acceptors (Lipinski definition) is 6. The fourth-order valence-corrected chi connectivity index (χ4v) is 2.97. The molecule has 6 heteroatoms. The molecule has 2 aromatic carbocycles. The summed E-state index contributed by atoms with van der Waals surface area (Å²) in [4.78, 5) is 4.48. The summed E-state index contributed by atoms with van der Waals surface area (Å²) in [6.07, 6.45) is 4.12. The molecule has 2 N–H and O–H groups in total. The van der Waals surface area contributed by atoms with Crippen LogP contribution in [0.4, 0.5) is 5.69 Å². The van der Waals surface area contributed by atoms with E-state index in [1.165, 1.54) is 0 Å². The molecule has 5 rings (SSSR count). The van der Waals surface area contributed by atoms with Crippen molar-refractivity contribution in [2.75, 3.05) is 18.9 Å². The Labute approximate surface area is 150 Å². The molecule has 0 amide bonds. The zero-order chi connectivity index (χ0) is 17.5. The Hall–Kier alpha value is -3.15. The first-order chi connectivity index (χ1) is 12.8. The summed E-state index contributed by atoms with van der Waals surface area (Å²) in [5.41, 5.74) is 7.18. The lowest BCUT2D eigenvalue weighted by Crippen LogP contribution is -2.17. The van der Waals surface area contributed by atoms with Crippen LogP contribution in [0.3, 0.4) is 0 Å². The molecule has 132 valence electrons. The minimum absolute atomic E-state index is 0.260. The number of nitrogen functional groups attached to an aromatic ring is 1. The van der Waals surface area contributed by atoms with Crippen LogP contribution in [0.25, 0.3) is 10.9 Å². The first-order valence-corrected chi connectivity index (χ1v) is 8.69. The number of benzene rings is 2. The molecule has 2 aliphatic rings. The minimum atomic E-state index is 0.260. The molecule has 1 aliphatic carbocycles. The van der Waals surface area contributed by atoms with E-state index in [2.05, 4.69) is 4.98 Å². The number of aromatic nitrogens is 1. The van der Waals surface area contributed by atoms with Gasteiger partial charge in [-0.1, -0.05) is 0 Å². The summed E-state index contributed by atoms with van der Waals surface area (Å²) in [5, 5.41) is 0.780. The standard InChI is InChI=1S/C20H18N2O4/c21-12-1-3-13(4-2-12)25-16-7-8-22-15-11-17(26-14-5-6-14)19-20(18(15)16)24-10-9-23-19/h1-4,7-8,11,14H,5-6,9-10,21H2. The number of fused-ring (bicyclic) bond motifs is 3. The van der Waals surface area contributed by atoms with Crippen LogP contribution in [0, 0.1) is 0 Å². The van der Waals surface area contributed by atoms with E-state index in [0.29, 0.717) is 47.6 Å². The van der Waals surface area contributed by atoms with Gasteiger partial charge in [0.25, 0.3) is 0 Å². The summed E-state index contributed by atoms with van der Waals surface area (Å²) >= 11 is 0. The molecule has 1 aliphatic heterocycles. The predicted octanol–water partition coefficient (Wildman–Crippen LogP) is 3.92. The van der Waals surface area contributed by atoms with Crippen molar-refractivity contribution in [2.45, 2.75) is 18.9 Å². The summed E-state index contributed by atoms with van der Waals surface area (Å²) < 4.78 is 23.9. The maximum Gasteiger partial charge on any atom is 0.204 e. The van der Waals surface area contributed by atoms with E-state index in [1.807, 2.05) is 24.3 Å². The number of rotatable bonds is 4. The third kappa shape index (κ3) is 2.73. The minimum Gasteiger partial charge on any atom is -0.486 e. The van der Waals surface area contributed by atoms with Gasteiger partial charge in [0, 0.05) is 18.0 Å².